The van der Waals surface area contributed by atoms with Gasteiger partial charge in [-0.2, -0.15) is 0 Å². The largest absolute Gasteiger partial charge is 0.492 e. The highest BCUT2D eigenvalue weighted by Gasteiger charge is 2.55. The molecule has 0 bridgehead atoms. The summed E-state index contributed by atoms with van der Waals surface area (Å²) in [5.74, 6) is 1.50. The van der Waals surface area contributed by atoms with Gasteiger partial charge in [0.25, 0.3) is 0 Å². The van der Waals surface area contributed by atoms with Gasteiger partial charge in [0.05, 0.1) is 12.0 Å². The highest BCUT2D eigenvalue weighted by atomic mass is 16.5. The smallest absolute Gasteiger partial charge is 0.127 e. The lowest BCUT2D eigenvalue weighted by Gasteiger charge is -2.36. The first kappa shape index (κ1) is 13.9. The van der Waals surface area contributed by atoms with E-state index < -0.39 is 11.7 Å². The van der Waals surface area contributed by atoms with Gasteiger partial charge in [-0.15, -0.1) is 0 Å². The fourth-order valence-corrected chi connectivity index (χ4v) is 3.35. The molecule has 1 heterocycles. The molecule has 0 aromatic rings. The maximum Gasteiger partial charge on any atom is 0.127 e. The quantitative estimate of drug-likeness (QED) is 0.796. The lowest BCUT2D eigenvalue weighted by atomic mass is 9.72. The normalized spacial score (nSPS) is 46.3. The Morgan fingerprint density at radius 2 is 2.11 bits per heavy atom. The van der Waals surface area contributed by atoms with Crippen LogP contribution >= 0.6 is 0 Å². The van der Waals surface area contributed by atoms with E-state index in [9.17, 15) is 10.2 Å². The van der Waals surface area contributed by atoms with Crippen molar-refractivity contribution in [1.29, 1.82) is 0 Å². The predicted octanol–water partition coefficient (Wildman–Crippen LogP) is 2.47. The number of hydrogen-bond donors (Lipinski definition) is 2. The number of allylic oxidation sites excluding steroid dienone is 1. The van der Waals surface area contributed by atoms with Crippen LogP contribution in [0.4, 0.5) is 0 Å². The van der Waals surface area contributed by atoms with Crippen molar-refractivity contribution in [3.05, 3.63) is 11.8 Å². The van der Waals surface area contributed by atoms with E-state index in [1.165, 1.54) is 0 Å². The maximum absolute atomic E-state index is 10.7. The van der Waals surface area contributed by atoms with Gasteiger partial charge in [-0.25, -0.2) is 0 Å². The van der Waals surface area contributed by atoms with E-state index in [0.717, 1.165) is 19.3 Å². The zero-order valence-corrected chi connectivity index (χ0v) is 11.9. The van der Waals surface area contributed by atoms with E-state index in [-0.39, 0.29) is 12.0 Å². The van der Waals surface area contributed by atoms with Crippen LogP contribution in [0.25, 0.3) is 0 Å². The minimum atomic E-state index is -1.01. The van der Waals surface area contributed by atoms with E-state index in [4.69, 9.17) is 4.74 Å². The molecule has 1 saturated carbocycles. The van der Waals surface area contributed by atoms with E-state index in [2.05, 4.69) is 20.8 Å². The number of hydrogen-bond acceptors (Lipinski definition) is 3. The third kappa shape index (κ3) is 2.43. The summed E-state index contributed by atoms with van der Waals surface area (Å²) < 4.78 is 5.92. The molecule has 1 aliphatic carbocycles. The van der Waals surface area contributed by atoms with Crippen LogP contribution in [0.5, 0.6) is 0 Å². The van der Waals surface area contributed by atoms with Crippen molar-refractivity contribution in [1.82, 2.24) is 0 Å². The molecular weight excluding hydrogens is 228 g/mol. The summed E-state index contributed by atoms with van der Waals surface area (Å²) in [6.07, 6.45) is 4.10. The van der Waals surface area contributed by atoms with Crippen LogP contribution in [0.2, 0.25) is 0 Å². The summed E-state index contributed by atoms with van der Waals surface area (Å²) in [7, 11) is 0. The Balaban J connectivity index is 2.20. The average Bonchev–Trinajstić information content (AvgIpc) is 2.46. The maximum atomic E-state index is 10.7. The summed E-state index contributed by atoms with van der Waals surface area (Å²) in [6.45, 7) is 8.20. The number of aliphatic hydroxyl groups is 2. The molecule has 3 nitrogen and oxygen atoms in total. The molecule has 3 heteroatoms. The fraction of sp³-hybridized carbons (Fsp3) is 0.867. The number of aliphatic hydroxyl groups excluding tert-OH is 1. The number of ether oxygens (including phenoxy) is 1. The first-order valence-corrected chi connectivity index (χ1v) is 7.10. The van der Waals surface area contributed by atoms with Crippen molar-refractivity contribution in [3.63, 3.8) is 0 Å². The fourth-order valence-electron chi connectivity index (χ4n) is 3.35. The van der Waals surface area contributed by atoms with Crippen LogP contribution in [0.15, 0.2) is 11.8 Å². The van der Waals surface area contributed by atoms with Crippen LogP contribution < -0.4 is 0 Å². The molecule has 0 unspecified atom stereocenters. The van der Waals surface area contributed by atoms with Gasteiger partial charge in [-0.05, 0) is 44.1 Å². The zero-order chi connectivity index (χ0) is 13.5. The molecule has 0 aromatic carbocycles. The van der Waals surface area contributed by atoms with E-state index >= 15 is 0 Å². The Kier molecular flexibility index (Phi) is 3.75. The Bertz CT molecular complexity index is 333. The molecule has 1 saturated heterocycles. The molecule has 2 fully saturated rings. The summed E-state index contributed by atoms with van der Waals surface area (Å²) in [6, 6.07) is 0. The number of rotatable bonds is 2. The Morgan fingerprint density at radius 1 is 1.44 bits per heavy atom. The van der Waals surface area contributed by atoms with Crippen molar-refractivity contribution in [2.24, 2.45) is 17.8 Å². The topological polar surface area (TPSA) is 49.7 Å². The van der Waals surface area contributed by atoms with Crippen LogP contribution in [-0.4, -0.2) is 28.0 Å². The van der Waals surface area contributed by atoms with Gasteiger partial charge in [0, 0.05) is 0 Å². The molecule has 1 aliphatic heterocycles. The molecule has 2 rings (SSSR count). The molecule has 0 radical (unpaired) electrons. The van der Waals surface area contributed by atoms with E-state index in [1.54, 1.807) is 6.92 Å². The first-order valence-electron chi connectivity index (χ1n) is 7.10. The second-order valence-corrected chi connectivity index (χ2v) is 6.67. The third-order valence-electron chi connectivity index (χ3n) is 4.29. The van der Waals surface area contributed by atoms with Crippen molar-refractivity contribution in [2.45, 2.75) is 64.8 Å². The molecule has 0 aromatic heterocycles. The predicted molar refractivity (Wildman–Crippen MR) is 70.9 cm³/mol. The van der Waals surface area contributed by atoms with Gasteiger partial charge in [0.15, 0.2) is 0 Å². The summed E-state index contributed by atoms with van der Waals surface area (Å²) >= 11 is 0. The molecule has 2 aliphatic rings. The summed E-state index contributed by atoms with van der Waals surface area (Å²) in [5, 5.41) is 20.9. The Morgan fingerprint density at radius 3 is 2.72 bits per heavy atom. The SMILES string of the molecule is CC(C)C/C=C1\O[C@H]2C[C@@H](C)C[C@@H](O)[C@H]2[C@@]1(C)O. The van der Waals surface area contributed by atoms with Gasteiger partial charge in [0.1, 0.15) is 17.5 Å². The first-order chi connectivity index (χ1) is 8.32. The van der Waals surface area contributed by atoms with Crippen molar-refractivity contribution in [2.75, 3.05) is 0 Å². The van der Waals surface area contributed by atoms with Crippen LogP contribution in [0, 0.1) is 17.8 Å². The third-order valence-corrected chi connectivity index (χ3v) is 4.29. The zero-order valence-electron chi connectivity index (χ0n) is 11.9. The highest BCUT2D eigenvalue weighted by Crippen LogP contribution is 2.47. The Hall–Kier alpha value is -0.540. The van der Waals surface area contributed by atoms with Crippen molar-refractivity contribution >= 4 is 0 Å². The lowest BCUT2D eigenvalue weighted by molar-refractivity contribution is -0.0634. The molecular formula is C15H26O3. The van der Waals surface area contributed by atoms with Crippen LogP contribution in [0.1, 0.15) is 47.0 Å². The average molecular weight is 254 g/mol. The highest BCUT2D eigenvalue weighted by molar-refractivity contribution is 5.20. The summed E-state index contributed by atoms with van der Waals surface area (Å²) in [4.78, 5) is 0. The van der Waals surface area contributed by atoms with Gasteiger partial charge in [-0.3, -0.25) is 0 Å². The lowest BCUT2D eigenvalue weighted by Crippen LogP contribution is -2.47. The monoisotopic (exact) mass is 254 g/mol. The standard InChI is InChI=1S/C15H26O3/c1-9(2)5-6-13-15(4,17)14-11(16)7-10(3)8-12(14)18-13/h6,9-12,14,16-17H,5,7-8H2,1-4H3/b13-6-/t10-,11+,12-,14+,15-/m0/s1. The molecule has 0 amide bonds. The van der Waals surface area contributed by atoms with Crippen molar-refractivity contribution < 1.29 is 14.9 Å². The van der Waals surface area contributed by atoms with Gasteiger partial charge >= 0.3 is 0 Å². The van der Waals surface area contributed by atoms with Crippen LogP contribution in [0.3, 0.4) is 0 Å². The minimum absolute atomic E-state index is 0.0304. The van der Waals surface area contributed by atoms with E-state index in [0.29, 0.717) is 17.6 Å². The molecule has 104 valence electrons. The molecule has 18 heavy (non-hydrogen) atoms. The van der Waals surface area contributed by atoms with Gasteiger partial charge < -0.3 is 14.9 Å². The molecule has 5 atom stereocenters. The second kappa shape index (κ2) is 4.86. The minimum Gasteiger partial charge on any atom is -0.492 e. The Labute approximate surface area is 110 Å². The second-order valence-electron chi connectivity index (χ2n) is 6.67. The van der Waals surface area contributed by atoms with Crippen molar-refractivity contribution in [3.8, 4) is 0 Å². The van der Waals surface area contributed by atoms with Crippen LogP contribution in [-0.2, 0) is 4.74 Å². The molecule has 2 N–H and O–H groups in total. The molecule has 0 spiro atoms. The van der Waals surface area contributed by atoms with Gasteiger partial charge in [0.2, 0.25) is 0 Å². The summed E-state index contributed by atoms with van der Waals surface area (Å²) in [5.41, 5.74) is -1.01. The van der Waals surface area contributed by atoms with Gasteiger partial charge in [-0.1, -0.05) is 20.8 Å². The van der Waals surface area contributed by atoms with E-state index in [1.807, 2.05) is 6.08 Å². The number of fused-ring (bicyclic) bond motifs is 1.